The molecule has 0 aliphatic rings. The maximum absolute atomic E-state index is 5.73. The zero-order valence-electron chi connectivity index (χ0n) is 19.7. The van der Waals surface area contributed by atoms with E-state index in [-0.39, 0.29) is 5.25 Å². The summed E-state index contributed by atoms with van der Waals surface area (Å²) < 4.78 is 11.3. The first kappa shape index (κ1) is 25.1. The van der Waals surface area contributed by atoms with E-state index in [0.717, 1.165) is 32.4 Å². The highest BCUT2D eigenvalue weighted by Gasteiger charge is 2.20. The van der Waals surface area contributed by atoms with Crippen molar-refractivity contribution < 1.29 is 9.47 Å². The van der Waals surface area contributed by atoms with E-state index in [1.807, 2.05) is 74.1 Å². The zero-order valence-corrected chi connectivity index (χ0v) is 22.1. The molecule has 2 aromatic heterocycles. The standard InChI is InChI=1S/C24H26N6O2S3/c1-4-33-20(22-28-30-24(35-22)26-15-32-19-11-7-17(3)8-12-19)13-21-27-29-23(34-21)25-14-31-18-9-5-16(2)6-10-18/h5-12,14,20H,4,13,15H2,1-3H3,(H,26,30). The number of hydrogen-bond acceptors (Lipinski definition) is 11. The summed E-state index contributed by atoms with van der Waals surface area (Å²) in [6.07, 6.45) is 2.10. The Balaban J connectivity index is 1.30. The van der Waals surface area contributed by atoms with Gasteiger partial charge in [-0.2, -0.15) is 16.8 Å². The molecule has 2 aromatic carbocycles. The predicted molar refractivity (Wildman–Crippen MR) is 145 cm³/mol. The molecular formula is C24H26N6O2S3. The molecule has 4 rings (SSSR count). The highest BCUT2D eigenvalue weighted by atomic mass is 32.2. The first-order chi connectivity index (χ1) is 17.1. The topological polar surface area (TPSA) is 94.4 Å². The molecule has 11 heteroatoms. The van der Waals surface area contributed by atoms with Crippen molar-refractivity contribution in [2.24, 2.45) is 4.99 Å². The normalized spacial score (nSPS) is 12.1. The summed E-state index contributed by atoms with van der Waals surface area (Å²) >= 11 is 4.79. The SMILES string of the molecule is CCSC(Cc1nnc(N=COc2ccc(C)cc2)s1)c1nnc(NCOc2ccc(C)cc2)s1. The lowest BCUT2D eigenvalue weighted by molar-refractivity contribution is 0.346. The van der Waals surface area contributed by atoms with Crippen molar-refractivity contribution in [1.29, 1.82) is 0 Å². The summed E-state index contributed by atoms with van der Waals surface area (Å²) in [5, 5.41) is 23.6. The molecule has 0 aliphatic heterocycles. The molecule has 35 heavy (non-hydrogen) atoms. The van der Waals surface area contributed by atoms with Crippen LogP contribution in [0.25, 0.3) is 0 Å². The average molecular weight is 527 g/mol. The molecule has 1 atom stereocenters. The Kier molecular flexibility index (Phi) is 9.04. The summed E-state index contributed by atoms with van der Waals surface area (Å²) in [6, 6.07) is 15.7. The minimum Gasteiger partial charge on any atom is -0.473 e. The fourth-order valence-electron chi connectivity index (χ4n) is 2.96. The fraction of sp³-hybridized carbons (Fsp3) is 0.292. The molecule has 0 radical (unpaired) electrons. The molecule has 0 spiro atoms. The van der Waals surface area contributed by atoms with Gasteiger partial charge < -0.3 is 14.8 Å². The van der Waals surface area contributed by atoms with Crippen LogP contribution in [0, 0.1) is 13.8 Å². The second-order valence-electron chi connectivity index (χ2n) is 7.52. The highest BCUT2D eigenvalue weighted by Crippen LogP contribution is 2.36. The molecule has 1 unspecified atom stereocenters. The van der Waals surface area contributed by atoms with E-state index in [2.05, 4.69) is 37.6 Å². The first-order valence-corrected chi connectivity index (χ1v) is 13.7. The fourth-order valence-corrected chi connectivity index (χ4v) is 5.71. The van der Waals surface area contributed by atoms with Gasteiger partial charge in [0.15, 0.2) is 13.1 Å². The van der Waals surface area contributed by atoms with Gasteiger partial charge in [-0.1, -0.05) is 65.0 Å². The van der Waals surface area contributed by atoms with Crippen molar-refractivity contribution in [3.63, 3.8) is 0 Å². The number of benzene rings is 2. The first-order valence-electron chi connectivity index (χ1n) is 11.1. The van der Waals surface area contributed by atoms with Gasteiger partial charge in [0.05, 0.1) is 5.25 Å². The number of hydrogen-bond donors (Lipinski definition) is 1. The van der Waals surface area contributed by atoms with E-state index in [4.69, 9.17) is 9.47 Å². The zero-order chi connectivity index (χ0) is 24.5. The number of rotatable bonds is 12. The van der Waals surface area contributed by atoms with Crippen LogP contribution in [0.3, 0.4) is 0 Å². The van der Waals surface area contributed by atoms with Crippen molar-refractivity contribution in [2.75, 3.05) is 17.8 Å². The van der Waals surface area contributed by atoms with E-state index < -0.39 is 0 Å². The van der Waals surface area contributed by atoms with Gasteiger partial charge in [-0.3, -0.25) is 0 Å². The molecule has 1 N–H and O–H groups in total. The summed E-state index contributed by atoms with van der Waals surface area (Å²) in [7, 11) is 0. The third kappa shape index (κ3) is 7.74. The second-order valence-corrected chi connectivity index (χ2v) is 11.0. The third-order valence-electron chi connectivity index (χ3n) is 4.76. The quantitative estimate of drug-likeness (QED) is 0.132. The number of nitrogens with zero attached hydrogens (tertiary/aromatic N) is 5. The van der Waals surface area contributed by atoms with Crippen LogP contribution in [-0.4, -0.2) is 39.3 Å². The van der Waals surface area contributed by atoms with Crippen LogP contribution in [0.15, 0.2) is 53.5 Å². The second kappa shape index (κ2) is 12.6. The Morgan fingerprint density at radius 2 is 1.66 bits per heavy atom. The molecule has 0 aliphatic carbocycles. The Morgan fingerprint density at radius 1 is 0.943 bits per heavy atom. The number of ether oxygens (including phenoxy) is 2. The lowest BCUT2D eigenvalue weighted by atomic mass is 10.2. The minimum atomic E-state index is 0.139. The Morgan fingerprint density at radius 3 is 2.37 bits per heavy atom. The predicted octanol–water partition coefficient (Wildman–Crippen LogP) is 6.23. The molecular weight excluding hydrogens is 501 g/mol. The van der Waals surface area contributed by atoms with E-state index in [9.17, 15) is 0 Å². The number of nitrogens with one attached hydrogen (secondary N) is 1. The number of thioether (sulfide) groups is 1. The number of anilines is 1. The van der Waals surface area contributed by atoms with Gasteiger partial charge in [-0.25, -0.2) is 0 Å². The van der Waals surface area contributed by atoms with Gasteiger partial charge in [0, 0.05) is 6.42 Å². The average Bonchev–Trinajstić information content (AvgIpc) is 3.51. The molecule has 0 saturated heterocycles. The number of aryl methyl sites for hydroxylation is 2. The summed E-state index contributed by atoms with van der Waals surface area (Å²) in [5.41, 5.74) is 2.37. The molecule has 8 nitrogen and oxygen atoms in total. The van der Waals surface area contributed by atoms with Crippen molar-refractivity contribution in [3.8, 4) is 11.5 Å². The minimum absolute atomic E-state index is 0.139. The molecule has 0 saturated carbocycles. The van der Waals surface area contributed by atoms with Crippen molar-refractivity contribution in [3.05, 3.63) is 69.7 Å². The third-order valence-corrected chi connectivity index (χ3v) is 7.88. The van der Waals surface area contributed by atoms with E-state index >= 15 is 0 Å². The maximum Gasteiger partial charge on any atom is 0.234 e. The number of aliphatic imine (C=N–C) groups is 1. The van der Waals surface area contributed by atoms with E-state index in [1.165, 1.54) is 40.2 Å². The molecule has 182 valence electrons. The van der Waals surface area contributed by atoms with E-state index in [1.54, 1.807) is 0 Å². The van der Waals surface area contributed by atoms with Crippen LogP contribution in [0.1, 0.15) is 33.3 Å². The van der Waals surface area contributed by atoms with Gasteiger partial charge in [0.1, 0.15) is 21.5 Å². The summed E-state index contributed by atoms with van der Waals surface area (Å²) in [6.45, 7) is 6.54. The van der Waals surface area contributed by atoms with Gasteiger partial charge >= 0.3 is 0 Å². The van der Waals surface area contributed by atoms with Gasteiger partial charge in [0.25, 0.3) is 0 Å². The van der Waals surface area contributed by atoms with Crippen LogP contribution in [-0.2, 0) is 6.42 Å². The summed E-state index contributed by atoms with van der Waals surface area (Å²) in [4.78, 5) is 4.28. The Bertz CT molecular complexity index is 1220. The van der Waals surface area contributed by atoms with Gasteiger partial charge in [0.2, 0.25) is 10.3 Å². The molecule has 0 amide bonds. The van der Waals surface area contributed by atoms with Gasteiger partial charge in [-0.05, 0) is 43.9 Å². The van der Waals surface area contributed by atoms with Crippen LogP contribution in [0.2, 0.25) is 0 Å². The Hall–Kier alpha value is -3.02. The van der Waals surface area contributed by atoms with Crippen LogP contribution in [0.5, 0.6) is 11.5 Å². The van der Waals surface area contributed by atoms with Crippen molar-refractivity contribution in [2.45, 2.75) is 32.4 Å². The van der Waals surface area contributed by atoms with E-state index in [0.29, 0.717) is 18.3 Å². The monoisotopic (exact) mass is 526 g/mol. The number of aromatic nitrogens is 4. The lowest BCUT2D eigenvalue weighted by Gasteiger charge is -2.10. The van der Waals surface area contributed by atoms with Crippen molar-refractivity contribution >= 4 is 51.1 Å². The molecule has 0 bridgehead atoms. The maximum atomic E-state index is 5.73. The lowest BCUT2D eigenvalue weighted by Crippen LogP contribution is -2.08. The molecule has 4 aromatic rings. The highest BCUT2D eigenvalue weighted by molar-refractivity contribution is 7.99. The summed E-state index contributed by atoms with van der Waals surface area (Å²) in [5.74, 6) is 2.50. The van der Waals surface area contributed by atoms with Gasteiger partial charge in [-0.15, -0.1) is 20.4 Å². The van der Waals surface area contributed by atoms with Crippen LogP contribution in [0.4, 0.5) is 10.3 Å². The van der Waals surface area contributed by atoms with Crippen LogP contribution >= 0.6 is 34.4 Å². The largest absolute Gasteiger partial charge is 0.473 e. The molecule has 2 heterocycles. The van der Waals surface area contributed by atoms with Crippen molar-refractivity contribution in [1.82, 2.24) is 20.4 Å². The molecule has 0 fully saturated rings. The van der Waals surface area contributed by atoms with Crippen LogP contribution < -0.4 is 14.8 Å². The smallest absolute Gasteiger partial charge is 0.234 e. The Labute approximate surface area is 216 Å².